The first-order valence-electron chi connectivity index (χ1n) is 10.0. The molecular formula is C27H17F5O. The zero-order valence-electron chi connectivity index (χ0n) is 17.5. The van der Waals surface area contributed by atoms with E-state index < -0.39 is 34.6 Å². The molecule has 166 valence electrons. The van der Waals surface area contributed by atoms with Crippen molar-refractivity contribution in [3.8, 4) is 17.6 Å². The predicted octanol–water partition coefficient (Wildman–Crippen LogP) is 6.73. The second kappa shape index (κ2) is 9.33. The molecule has 6 heteroatoms. The molecule has 0 aliphatic carbocycles. The van der Waals surface area contributed by atoms with E-state index in [0.717, 1.165) is 12.1 Å². The summed E-state index contributed by atoms with van der Waals surface area (Å²) in [6, 6.07) is 13.5. The number of fused-ring (bicyclic) bond motifs is 1. The van der Waals surface area contributed by atoms with Crippen molar-refractivity contribution in [3.05, 3.63) is 112 Å². The van der Waals surface area contributed by atoms with Crippen molar-refractivity contribution in [1.82, 2.24) is 0 Å². The van der Waals surface area contributed by atoms with Gasteiger partial charge in [0, 0.05) is 11.6 Å². The van der Waals surface area contributed by atoms with Crippen LogP contribution in [0.4, 0.5) is 22.0 Å². The molecule has 4 aromatic carbocycles. The minimum absolute atomic E-state index is 0.234. The van der Waals surface area contributed by atoms with Gasteiger partial charge in [0.1, 0.15) is 23.2 Å². The smallest absolute Gasteiger partial charge is 0.159 e. The summed E-state index contributed by atoms with van der Waals surface area (Å²) < 4.78 is 74.9. The lowest BCUT2D eigenvalue weighted by Crippen LogP contribution is -1.99. The standard InChI is InChI=1S/C27H17F5O/c1-33-21-8-7-18(23(28)15-21)5-3-17-11-24(29)22(25(30)12-17)9-4-16-2-6-19-13-26(31)27(32)14-20(19)10-16/h2,6-8,10-15H,3,5H2,1H3. The van der Waals surface area contributed by atoms with Gasteiger partial charge in [-0.1, -0.05) is 24.0 Å². The van der Waals surface area contributed by atoms with Crippen LogP contribution in [0.15, 0.2) is 60.7 Å². The maximum absolute atomic E-state index is 14.5. The van der Waals surface area contributed by atoms with Gasteiger partial charge in [0.25, 0.3) is 0 Å². The van der Waals surface area contributed by atoms with E-state index in [1.165, 1.54) is 31.4 Å². The van der Waals surface area contributed by atoms with Gasteiger partial charge in [-0.3, -0.25) is 0 Å². The van der Waals surface area contributed by atoms with E-state index in [1.807, 2.05) is 0 Å². The third-order valence-corrected chi connectivity index (χ3v) is 5.26. The summed E-state index contributed by atoms with van der Waals surface area (Å²) in [5.74, 6) is 1.45. The molecule has 0 aliphatic heterocycles. The van der Waals surface area contributed by atoms with Crippen LogP contribution in [0.25, 0.3) is 10.8 Å². The Morgan fingerprint density at radius 3 is 2.00 bits per heavy atom. The minimum atomic E-state index is -0.991. The second-order valence-electron chi connectivity index (χ2n) is 7.47. The number of methoxy groups -OCH3 is 1. The van der Waals surface area contributed by atoms with Crippen molar-refractivity contribution in [2.75, 3.05) is 7.11 Å². The number of hydrogen-bond donors (Lipinski definition) is 0. The molecule has 0 saturated carbocycles. The van der Waals surface area contributed by atoms with Crippen molar-refractivity contribution in [3.63, 3.8) is 0 Å². The molecule has 0 spiro atoms. The van der Waals surface area contributed by atoms with E-state index >= 15 is 0 Å². The normalized spacial score (nSPS) is 10.7. The SMILES string of the molecule is COc1ccc(CCc2cc(F)c(C#Cc3ccc4cc(F)c(F)cc4c3)c(F)c2)c(F)c1. The van der Waals surface area contributed by atoms with Crippen LogP contribution in [0.2, 0.25) is 0 Å². The average Bonchev–Trinajstić information content (AvgIpc) is 2.78. The van der Waals surface area contributed by atoms with Gasteiger partial charge in [-0.25, -0.2) is 22.0 Å². The number of hydrogen-bond acceptors (Lipinski definition) is 1. The van der Waals surface area contributed by atoms with Crippen molar-refractivity contribution in [2.24, 2.45) is 0 Å². The van der Waals surface area contributed by atoms with E-state index in [9.17, 15) is 22.0 Å². The predicted molar refractivity (Wildman–Crippen MR) is 117 cm³/mol. The van der Waals surface area contributed by atoms with Gasteiger partial charge in [0.05, 0.1) is 12.7 Å². The van der Waals surface area contributed by atoms with Crippen LogP contribution in [0.3, 0.4) is 0 Å². The Kier molecular flexibility index (Phi) is 6.32. The topological polar surface area (TPSA) is 9.23 Å². The van der Waals surface area contributed by atoms with Crippen molar-refractivity contribution >= 4 is 10.8 Å². The Morgan fingerprint density at radius 1 is 0.636 bits per heavy atom. The highest BCUT2D eigenvalue weighted by atomic mass is 19.2. The number of ether oxygens (including phenoxy) is 1. The summed E-state index contributed by atoms with van der Waals surface area (Å²) >= 11 is 0. The van der Waals surface area contributed by atoms with Gasteiger partial charge in [-0.15, -0.1) is 0 Å². The second-order valence-corrected chi connectivity index (χ2v) is 7.47. The van der Waals surface area contributed by atoms with Crippen LogP contribution in [-0.4, -0.2) is 7.11 Å². The monoisotopic (exact) mass is 452 g/mol. The summed E-state index contributed by atoms with van der Waals surface area (Å²) in [6.45, 7) is 0. The molecule has 0 fully saturated rings. The summed E-state index contributed by atoms with van der Waals surface area (Å²) in [4.78, 5) is 0. The van der Waals surface area contributed by atoms with Gasteiger partial charge in [-0.05, 0) is 77.2 Å². The quantitative estimate of drug-likeness (QED) is 0.247. The lowest BCUT2D eigenvalue weighted by molar-refractivity contribution is 0.410. The molecule has 0 N–H and O–H groups in total. The van der Waals surface area contributed by atoms with Crippen molar-refractivity contribution in [2.45, 2.75) is 12.8 Å². The molecule has 0 atom stereocenters. The summed E-state index contributed by atoms with van der Waals surface area (Å²) in [6.07, 6.45) is 0.492. The summed E-state index contributed by atoms with van der Waals surface area (Å²) in [5.41, 5.74) is 0.771. The lowest BCUT2D eigenvalue weighted by atomic mass is 10.0. The molecular weight excluding hydrogens is 435 g/mol. The Labute approximate surface area is 187 Å². The Hall–Kier alpha value is -3.85. The minimum Gasteiger partial charge on any atom is -0.497 e. The number of rotatable bonds is 4. The molecule has 0 aromatic heterocycles. The van der Waals surface area contributed by atoms with Crippen LogP contribution in [0.5, 0.6) is 5.75 Å². The van der Waals surface area contributed by atoms with Crippen LogP contribution < -0.4 is 4.74 Å². The largest absolute Gasteiger partial charge is 0.497 e. The Balaban J connectivity index is 1.54. The molecule has 0 amide bonds. The van der Waals surface area contributed by atoms with Crippen LogP contribution in [-0.2, 0) is 12.8 Å². The number of aryl methyl sites for hydroxylation is 2. The van der Waals surface area contributed by atoms with Crippen LogP contribution >= 0.6 is 0 Å². The fourth-order valence-corrected chi connectivity index (χ4v) is 3.48. The maximum Gasteiger partial charge on any atom is 0.159 e. The molecule has 1 nitrogen and oxygen atoms in total. The van der Waals surface area contributed by atoms with E-state index in [1.54, 1.807) is 24.3 Å². The highest BCUT2D eigenvalue weighted by molar-refractivity contribution is 5.84. The first-order valence-corrected chi connectivity index (χ1v) is 10.0. The highest BCUT2D eigenvalue weighted by Crippen LogP contribution is 2.22. The molecule has 4 rings (SSSR count). The Morgan fingerprint density at radius 2 is 1.33 bits per heavy atom. The zero-order chi connectivity index (χ0) is 23.5. The van der Waals surface area contributed by atoms with Crippen LogP contribution in [0.1, 0.15) is 22.3 Å². The highest BCUT2D eigenvalue weighted by Gasteiger charge is 2.11. The first kappa shape index (κ1) is 22.3. The lowest BCUT2D eigenvalue weighted by Gasteiger charge is -2.07. The van der Waals surface area contributed by atoms with Crippen molar-refractivity contribution < 1.29 is 26.7 Å². The van der Waals surface area contributed by atoms with Gasteiger partial charge >= 0.3 is 0 Å². The van der Waals surface area contributed by atoms with Gasteiger partial charge in [0.15, 0.2) is 11.6 Å². The first-order chi connectivity index (χ1) is 15.8. The van der Waals surface area contributed by atoms with Crippen LogP contribution in [0, 0.1) is 40.9 Å². The Bertz CT molecular complexity index is 1390. The maximum atomic E-state index is 14.5. The fraction of sp³-hybridized carbons (Fsp3) is 0.111. The summed E-state index contributed by atoms with van der Waals surface area (Å²) in [5, 5.41) is 0.900. The third kappa shape index (κ3) is 4.98. The summed E-state index contributed by atoms with van der Waals surface area (Å²) in [7, 11) is 1.44. The molecule has 0 aliphatic rings. The molecule has 0 unspecified atom stereocenters. The van der Waals surface area contributed by atoms with Gasteiger partial charge in [0.2, 0.25) is 0 Å². The van der Waals surface area contributed by atoms with Gasteiger partial charge < -0.3 is 4.74 Å². The fourth-order valence-electron chi connectivity index (χ4n) is 3.48. The molecule has 33 heavy (non-hydrogen) atoms. The molecule has 0 saturated heterocycles. The zero-order valence-corrected chi connectivity index (χ0v) is 17.5. The number of benzene rings is 4. The number of halogens is 5. The van der Waals surface area contributed by atoms with E-state index in [-0.39, 0.29) is 12.8 Å². The molecule has 0 radical (unpaired) electrons. The van der Waals surface area contributed by atoms with Gasteiger partial charge in [-0.2, -0.15) is 0 Å². The van der Waals surface area contributed by atoms with E-state index in [2.05, 4.69) is 11.8 Å². The molecule has 0 heterocycles. The van der Waals surface area contributed by atoms with Crippen molar-refractivity contribution in [1.29, 1.82) is 0 Å². The van der Waals surface area contributed by atoms with E-state index in [4.69, 9.17) is 4.74 Å². The third-order valence-electron chi connectivity index (χ3n) is 5.26. The molecule has 0 bridgehead atoms. The average molecular weight is 452 g/mol. The van der Waals surface area contributed by atoms with E-state index in [0.29, 0.717) is 33.2 Å². The molecule has 4 aromatic rings.